The summed E-state index contributed by atoms with van der Waals surface area (Å²) in [5, 5.41) is 25.8. The highest BCUT2D eigenvalue weighted by Gasteiger charge is 2.22. The quantitative estimate of drug-likeness (QED) is 0.486. The summed E-state index contributed by atoms with van der Waals surface area (Å²) in [5.41, 5.74) is 0.625. The van der Waals surface area contributed by atoms with Crippen LogP contribution in [0.4, 0.5) is 10.8 Å². The molecule has 0 aliphatic heterocycles. The molecule has 0 saturated heterocycles. The van der Waals surface area contributed by atoms with Gasteiger partial charge in [0.25, 0.3) is 5.91 Å². The third-order valence-electron chi connectivity index (χ3n) is 4.70. The lowest BCUT2D eigenvalue weighted by Crippen LogP contribution is -2.20. The average molecular weight is 479 g/mol. The molecule has 33 heavy (non-hydrogen) atoms. The second kappa shape index (κ2) is 12.7. The molecule has 3 N–H and O–H groups in total. The Kier molecular flexibility index (Phi) is 10.0. The zero-order chi connectivity index (χ0) is 24.4. The lowest BCUT2D eigenvalue weighted by molar-refractivity contribution is 0.0991. The number of hydrogen-bond acceptors (Lipinski definition) is 10. The number of amides is 1. The smallest absolute Gasteiger partial charge is 0.381 e. The maximum absolute atomic E-state index is 12.6. The van der Waals surface area contributed by atoms with Crippen LogP contribution in [0.25, 0.3) is 5.13 Å². The van der Waals surface area contributed by atoms with Gasteiger partial charge in [-0.1, -0.05) is 38.0 Å². The second-order valence-electron chi connectivity index (χ2n) is 6.70. The molecular formula is C21H30N6O5S. The predicted octanol–water partition coefficient (Wildman–Crippen LogP) is 3.24. The standard InChI is InChI=1S/C18H20N6O4S.C2H6.CH4O/c1-10-7-8-19-24(10)18-23-22-17(29-18)21-15(25)13-9-12(14(27-2)16(26)28-13)20-11-5-3-4-6-11;2*1-2/h7-9,11,20H,3-6H2,1-2H3,(H,21,22,25);1-2H3;2H,1H3. The van der Waals surface area contributed by atoms with Crippen molar-refractivity contribution >= 4 is 28.1 Å². The average Bonchev–Trinajstić information content (AvgIpc) is 3.59. The van der Waals surface area contributed by atoms with Crippen molar-refractivity contribution in [2.75, 3.05) is 24.9 Å². The molecule has 0 spiro atoms. The second-order valence-corrected chi connectivity index (χ2v) is 7.66. The maximum atomic E-state index is 12.6. The number of nitrogens with zero attached hydrogens (tertiary/aromatic N) is 4. The highest BCUT2D eigenvalue weighted by atomic mass is 32.1. The number of carbonyl (C=O) groups excluding carboxylic acids is 1. The molecular weight excluding hydrogens is 448 g/mol. The number of aliphatic hydroxyl groups excluding tert-OH is 1. The van der Waals surface area contributed by atoms with Crippen LogP contribution < -0.4 is 21.0 Å². The molecule has 12 heteroatoms. The van der Waals surface area contributed by atoms with Gasteiger partial charge in [-0.25, -0.2) is 9.48 Å². The molecule has 3 aromatic rings. The van der Waals surface area contributed by atoms with Gasteiger partial charge >= 0.3 is 5.63 Å². The summed E-state index contributed by atoms with van der Waals surface area (Å²) in [6.07, 6.45) is 5.92. The van der Waals surface area contributed by atoms with Crippen molar-refractivity contribution in [3.05, 3.63) is 40.2 Å². The Morgan fingerprint density at radius 3 is 2.58 bits per heavy atom. The van der Waals surface area contributed by atoms with E-state index in [1.165, 1.54) is 13.2 Å². The van der Waals surface area contributed by atoms with Crippen LogP contribution in [-0.4, -0.2) is 51.3 Å². The molecule has 0 bridgehead atoms. The minimum absolute atomic E-state index is 0.0563. The number of nitrogens with one attached hydrogen (secondary N) is 2. The molecule has 1 fully saturated rings. The summed E-state index contributed by atoms with van der Waals surface area (Å²) in [6, 6.07) is 3.56. The summed E-state index contributed by atoms with van der Waals surface area (Å²) in [4.78, 5) is 24.9. The van der Waals surface area contributed by atoms with E-state index in [0.29, 0.717) is 10.8 Å². The number of rotatable bonds is 6. The molecule has 0 unspecified atom stereocenters. The molecule has 4 rings (SSSR count). The van der Waals surface area contributed by atoms with Crippen LogP contribution in [0.15, 0.2) is 27.5 Å². The van der Waals surface area contributed by atoms with Gasteiger partial charge in [-0.15, -0.1) is 10.2 Å². The van der Waals surface area contributed by atoms with Gasteiger partial charge in [0.15, 0.2) is 5.76 Å². The summed E-state index contributed by atoms with van der Waals surface area (Å²) < 4.78 is 11.9. The van der Waals surface area contributed by atoms with Crippen LogP contribution in [-0.2, 0) is 0 Å². The van der Waals surface area contributed by atoms with Gasteiger partial charge in [0.05, 0.1) is 12.8 Å². The molecule has 3 aromatic heterocycles. The molecule has 1 aliphatic rings. The fraction of sp³-hybridized carbons (Fsp3) is 0.476. The van der Waals surface area contributed by atoms with Crippen molar-refractivity contribution < 1.29 is 19.1 Å². The van der Waals surface area contributed by atoms with Crippen molar-refractivity contribution in [1.29, 1.82) is 0 Å². The predicted molar refractivity (Wildman–Crippen MR) is 127 cm³/mol. The number of aliphatic hydroxyl groups is 1. The molecule has 180 valence electrons. The van der Waals surface area contributed by atoms with Gasteiger partial charge in [-0.2, -0.15) is 5.10 Å². The zero-order valence-electron chi connectivity index (χ0n) is 19.4. The number of hydrogen-bond donors (Lipinski definition) is 3. The summed E-state index contributed by atoms with van der Waals surface area (Å²) in [7, 11) is 2.39. The Morgan fingerprint density at radius 1 is 1.27 bits per heavy atom. The van der Waals surface area contributed by atoms with E-state index < -0.39 is 11.5 Å². The summed E-state index contributed by atoms with van der Waals surface area (Å²) in [5.74, 6) is -0.678. The monoisotopic (exact) mass is 478 g/mol. The van der Waals surface area contributed by atoms with Crippen LogP contribution in [0.3, 0.4) is 0 Å². The first kappa shape index (κ1) is 26.0. The van der Waals surface area contributed by atoms with Crippen LogP contribution in [0.5, 0.6) is 5.75 Å². The number of ether oxygens (including phenoxy) is 1. The highest BCUT2D eigenvalue weighted by Crippen LogP contribution is 2.28. The van der Waals surface area contributed by atoms with E-state index in [-0.39, 0.29) is 22.7 Å². The minimum Gasteiger partial charge on any atom is -0.488 e. The van der Waals surface area contributed by atoms with Gasteiger partial charge in [0.1, 0.15) is 0 Å². The van der Waals surface area contributed by atoms with Crippen LogP contribution in [0.1, 0.15) is 55.8 Å². The molecule has 3 heterocycles. The van der Waals surface area contributed by atoms with E-state index in [0.717, 1.165) is 49.8 Å². The van der Waals surface area contributed by atoms with Crippen molar-refractivity contribution in [2.24, 2.45) is 0 Å². The van der Waals surface area contributed by atoms with Gasteiger partial charge in [0.2, 0.25) is 16.0 Å². The van der Waals surface area contributed by atoms with Crippen LogP contribution in [0, 0.1) is 6.92 Å². The van der Waals surface area contributed by atoms with Crippen molar-refractivity contribution in [3.63, 3.8) is 0 Å². The van der Waals surface area contributed by atoms with E-state index in [2.05, 4.69) is 25.9 Å². The molecule has 1 amide bonds. The van der Waals surface area contributed by atoms with Crippen molar-refractivity contribution in [2.45, 2.75) is 52.5 Å². The Labute approximate surface area is 195 Å². The SMILES string of the molecule is CC.CO.COc1c(NC2CCCC2)cc(C(=O)Nc2nnc(-n3nccc3C)s2)oc1=O. The molecule has 1 aliphatic carbocycles. The van der Waals surface area contributed by atoms with Gasteiger partial charge < -0.3 is 19.6 Å². The Morgan fingerprint density at radius 2 is 1.97 bits per heavy atom. The van der Waals surface area contributed by atoms with Gasteiger partial charge in [-0.05, 0) is 25.8 Å². The molecule has 0 atom stereocenters. The zero-order valence-corrected chi connectivity index (χ0v) is 20.2. The van der Waals surface area contributed by atoms with Crippen LogP contribution in [0.2, 0.25) is 0 Å². The Hall–Kier alpha value is -3.25. The molecule has 0 aromatic carbocycles. The largest absolute Gasteiger partial charge is 0.488 e. The lowest BCUT2D eigenvalue weighted by Gasteiger charge is -2.16. The first-order valence-electron chi connectivity index (χ1n) is 10.6. The number of carbonyl (C=O) groups is 1. The first-order valence-corrected chi connectivity index (χ1v) is 11.5. The Bertz CT molecular complexity index is 1090. The topological polar surface area (TPSA) is 144 Å². The third kappa shape index (κ3) is 6.39. The van der Waals surface area contributed by atoms with E-state index >= 15 is 0 Å². The fourth-order valence-corrected chi connectivity index (χ4v) is 4.02. The van der Waals surface area contributed by atoms with Gasteiger partial charge in [0, 0.05) is 31.1 Å². The number of aromatic nitrogens is 4. The number of anilines is 2. The van der Waals surface area contributed by atoms with E-state index in [1.807, 2.05) is 26.8 Å². The van der Waals surface area contributed by atoms with Gasteiger partial charge in [-0.3, -0.25) is 10.1 Å². The summed E-state index contributed by atoms with van der Waals surface area (Å²) in [6.45, 7) is 5.89. The normalized spacial score (nSPS) is 12.8. The van der Waals surface area contributed by atoms with Crippen molar-refractivity contribution in [3.8, 4) is 10.9 Å². The number of methoxy groups -OCH3 is 1. The fourth-order valence-electron chi connectivity index (χ4n) is 3.26. The van der Waals surface area contributed by atoms with E-state index in [4.69, 9.17) is 14.3 Å². The third-order valence-corrected chi connectivity index (χ3v) is 5.51. The summed E-state index contributed by atoms with van der Waals surface area (Å²) >= 11 is 1.16. The lowest BCUT2D eigenvalue weighted by atomic mass is 10.2. The van der Waals surface area contributed by atoms with Crippen LogP contribution >= 0.6 is 11.3 Å². The molecule has 11 nitrogen and oxygen atoms in total. The molecule has 0 radical (unpaired) electrons. The van der Waals surface area contributed by atoms with Crippen molar-refractivity contribution in [1.82, 2.24) is 20.0 Å². The minimum atomic E-state index is -0.717. The number of aryl methyl sites for hydroxylation is 1. The van der Waals surface area contributed by atoms with E-state index in [9.17, 15) is 9.59 Å². The maximum Gasteiger partial charge on any atom is 0.381 e. The molecule has 1 saturated carbocycles. The Balaban J connectivity index is 0.000000914. The first-order chi connectivity index (χ1) is 16.0. The van der Waals surface area contributed by atoms with E-state index in [1.54, 1.807) is 10.9 Å². The highest BCUT2D eigenvalue weighted by molar-refractivity contribution is 7.17.